The molecule has 1 aromatic carbocycles. The largest absolute Gasteiger partial charge is 0.497 e. The monoisotopic (exact) mass is 291 g/mol. The highest BCUT2D eigenvalue weighted by Crippen LogP contribution is 2.11. The van der Waals surface area contributed by atoms with Gasteiger partial charge in [-0.15, -0.1) is 0 Å². The molecule has 116 valence electrons. The lowest BCUT2D eigenvalue weighted by molar-refractivity contribution is 0.114. The quantitative estimate of drug-likeness (QED) is 0.617. The van der Waals surface area contributed by atoms with E-state index in [1.165, 1.54) is 5.56 Å². The van der Waals surface area contributed by atoms with E-state index in [1.807, 2.05) is 12.1 Å². The predicted molar refractivity (Wildman–Crippen MR) is 85.0 cm³/mol. The van der Waals surface area contributed by atoms with Crippen LogP contribution in [0.25, 0.3) is 0 Å². The van der Waals surface area contributed by atoms with Gasteiger partial charge in [-0.1, -0.05) is 12.1 Å². The van der Waals surface area contributed by atoms with E-state index in [4.69, 9.17) is 9.47 Å². The third-order valence-corrected chi connectivity index (χ3v) is 3.61. The van der Waals surface area contributed by atoms with E-state index < -0.39 is 0 Å². The van der Waals surface area contributed by atoms with Crippen LogP contribution in [0.1, 0.15) is 18.4 Å². The van der Waals surface area contributed by atoms with E-state index in [2.05, 4.69) is 27.8 Å². The van der Waals surface area contributed by atoms with Crippen LogP contribution in [0.3, 0.4) is 0 Å². The maximum Gasteiger partial charge on any atom is 0.191 e. The zero-order chi connectivity index (χ0) is 14.9. The van der Waals surface area contributed by atoms with Crippen LogP contribution in [0.2, 0.25) is 0 Å². The number of methoxy groups -OCH3 is 1. The zero-order valence-electron chi connectivity index (χ0n) is 12.9. The van der Waals surface area contributed by atoms with Gasteiger partial charge in [0.25, 0.3) is 0 Å². The normalized spacial score (nSPS) is 18.6. The molecule has 1 aliphatic heterocycles. The summed E-state index contributed by atoms with van der Waals surface area (Å²) < 4.78 is 10.7. The molecule has 0 unspecified atom stereocenters. The van der Waals surface area contributed by atoms with Crippen molar-refractivity contribution in [1.82, 2.24) is 10.6 Å². The number of aliphatic imine (C=N–C) groups is 1. The van der Waals surface area contributed by atoms with Crippen LogP contribution < -0.4 is 15.4 Å². The van der Waals surface area contributed by atoms with Crippen molar-refractivity contribution in [3.8, 4) is 5.75 Å². The van der Waals surface area contributed by atoms with Crippen LogP contribution in [-0.4, -0.2) is 45.9 Å². The van der Waals surface area contributed by atoms with Gasteiger partial charge in [0.15, 0.2) is 5.96 Å². The minimum Gasteiger partial charge on any atom is -0.497 e. The Morgan fingerprint density at radius 2 is 2.14 bits per heavy atom. The Labute approximate surface area is 126 Å². The number of hydrogen-bond acceptors (Lipinski definition) is 3. The van der Waals surface area contributed by atoms with Gasteiger partial charge in [-0.3, -0.25) is 4.99 Å². The van der Waals surface area contributed by atoms with Crippen LogP contribution in [-0.2, 0) is 11.2 Å². The maximum atomic E-state index is 5.59. The van der Waals surface area contributed by atoms with Gasteiger partial charge in [0.1, 0.15) is 5.75 Å². The molecule has 1 atom stereocenters. The van der Waals surface area contributed by atoms with E-state index in [9.17, 15) is 0 Å². The van der Waals surface area contributed by atoms with Crippen molar-refractivity contribution in [3.63, 3.8) is 0 Å². The number of benzene rings is 1. The molecule has 0 spiro atoms. The van der Waals surface area contributed by atoms with Crippen molar-refractivity contribution in [2.75, 3.05) is 33.9 Å². The Balaban J connectivity index is 1.67. The number of guanidine groups is 1. The highest BCUT2D eigenvalue weighted by atomic mass is 16.5. The molecule has 21 heavy (non-hydrogen) atoms. The summed E-state index contributed by atoms with van der Waals surface area (Å²) in [5.74, 6) is 1.72. The fraction of sp³-hybridized carbons (Fsp3) is 0.562. The Bertz CT molecular complexity index is 439. The second-order valence-electron chi connectivity index (χ2n) is 5.11. The van der Waals surface area contributed by atoms with Gasteiger partial charge in [0.05, 0.1) is 13.2 Å². The fourth-order valence-electron chi connectivity index (χ4n) is 2.35. The molecule has 0 saturated carbocycles. The number of rotatable bonds is 6. The molecule has 1 saturated heterocycles. The molecule has 0 radical (unpaired) electrons. The van der Waals surface area contributed by atoms with Gasteiger partial charge in [-0.2, -0.15) is 0 Å². The Kier molecular flexibility index (Phi) is 6.34. The lowest BCUT2D eigenvalue weighted by atomic mass is 10.1. The predicted octanol–water partition coefficient (Wildman–Crippen LogP) is 1.58. The molecule has 5 heteroatoms. The SMILES string of the molecule is CN=C(NCCc1ccc(OC)cc1)NC[C@H]1CCCO1. The summed E-state index contributed by atoms with van der Waals surface area (Å²) in [5.41, 5.74) is 1.28. The summed E-state index contributed by atoms with van der Waals surface area (Å²) in [4.78, 5) is 4.23. The van der Waals surface area contributed by atoms with Gasteiger partial charge in [0.2, 0.25) is 0 Å². The molecule has 5 nitrogen and oxygen atoms in total. The van der Waals surface area contributed by atoms with Gasteiger partial charge in [-0.25, -0.2) is 0 Å². The minimum atomic E-state index is 0.324. The van der Waals surface area contributed by atoms with Crippen molar-refractivity contribution in [3.05, 3.63) is 29.8 Å². The molecule has 0 bridgehead atoms. The molecular formula is C16H25N3O2. The van der Waals surface area contributed by atoms with E-state index in [0.717, 1.165) is 50.7 Å². The molecule has 1 aromatic rings. The van der Waals surface area contributed by atoms with Crippen LogP contribution in [0.15, 0.2) is 29.3 Å². The van der Waals surface area contributed by atoms with Crippen molar-refractivity contribution < 1.29 is 9.47 Å². The first-order chi connectivity index (χ1) is 10.3. The first kappa shape index (κ1) is 15.6. The van der Waals surface area contributed by atoms with Crippen molar-refractivity contribution in [2.24, 2.45) is 4.99 Å². The van der Waals surface area contributed by atoms with Crippen LogP contribution in [0, 0.1) is 0 Å². The molecule has 1 aliphatic rings. The highest BCUT2D eigenvalue weighted by molar-refractivity contribution is 5.79. The third kappa shape index (κ3) is 5.27. The lowest BCUT2D eigenvalue weighted by Gasteiger charge is -2.15. The maximum absolute atomic E-state index is 5.59. The van der Waals surface area contributed by atoms with Crippen molar-refractivity contribution in [2.45, 2.75) is 25.4 Å². The van der Waals surface area contributed by atoms with E-state index >= 15 is 0 Å². The number of ether oxygens (including phenoxy) is 2. The molecule has 1 heterocycles. The van der Waals surface area contributed by atoms with Crippen molar-refractivity contribution >= 4 is 5.96 Å². The fourth-order valence-corrected chi connectivity index (χ4v) is 2.35. The average molecular weight is 291 g/mol. The molecule has 2 N–H and O–H groups in total. The summed E-state index contributed by atoms with van der Waals surface area (Å²) in [5, 5.41) is 6.63. The minimum absolute atomic E-state index is 0.324. The van der Waals surface area contributed by atoms with E-state index in [0.29, 0.717) is 6.10 Å². The van der Waals surface area contributed by atoms with Gasteiger partial charge in [0, 0.05) is 26.7 Å². The lowest BCUT2D eigenvalue weighted by Crippen LogP contribution is -2.41. The summed E-state index contributed by atoms with van der Waals surface area (Å²) >= 11 is 0. The Hall–Kier alpha value is -1.75. The third-order valence-electron chi connectivity index (χ3n) is 3.61. The second kappa shape index (κ2) is 8.52. The molecule has 0 aromatic heterocycles. The van der Waals surface area contributed by atoms with Crippen LogP contribution >= 0.6 is 0 Å². The Morgan fingerprint density at radius 3 is 2.76 bits per heavy atom. The van der Waals surface area contributed by atoms with E-state index in [-0.39, 0.29) is 0 Å². The zero-order valence-corrected chi connectivity index (χ0v) is 12.9. The number of nitrogens with one attached hydrogen (secondary N) is 2. The van der Waals surface area contributed by atoms with Gasteiger partial charge in [-0.05, 0) is 37.0 Å². The smallest absolute Gasteiger partial charge is 0.191 e. The van der Waals surface area contributed by atoms with Gasteiger partial charge < -0.3 is 20.1 Å². The topological polar surface area (TPSA) is 54.9 Å². The molecule has 0 amide bonds. The number of nitrogens with zero attached hydrogens (tertiary/aromatic N) is 1. The first-order valence-corrected chi connectivity index (χ1v) is 7.51. The molecule has 0 aliphatic carbocycles. The number of hydrogen-bond donors (Lipinski definition) is 2. The Morgan fingerprint density at radius 1 is 1.33 bits per heavy atom. The van der Waals surface area contributed by atoms with Crippen molar-refractivity contribution in [1.29, 1.82) is 0 Å². The van der Waals surface area contributed by atoms with E-state index in [1.54, 1.807) is 14.2 Å². The summed E-state index contributed by atoms with van der Waals surface area (Å²) in [6.07, 6.45) is 3.57. The van der Waals surface area contributed by atoms with Crippen LogP contribution in [0.4, 0.5) is 0 Å². The standard InChI is InChI=1S/C16H25N3O2/c1-17-16(19-12-15-4-3-11-21-15)18-10-9-13-5-7-14(20-2)8-6-13/h5-8,15H,3-4,9-12H2,1-2H3,(H2,17,18,19)/t15-/m1/s1. The highest BCUT2D eigenvalue weighted by Gasteiger charge is 2.15. The van der Waals surface area contributed by atoms with Gasteiger partial charge >= 0.3 is 0 Å². The summed E-state index contributed by atoms with van der Waals surface area (Å²) in [7, 11) is 3.47. The molecular weight excluding hydrogens is 266 g/mol. The van der Waals surface area contributed by atoms with Crippen LogP contribution in [0.5, 0.6) is 5.75 Å². The summed E-state index contributed by atoms with van der Waals surface area (Å²) in [6, 6.07) is 8.14. The second-order valence-corrected chi connectivity index (χ2v) is 5.11. The molecule has 2 rings (SSSR count). The molecule has 1 fully saturated rings. The first-order valence-electron chi connectivity index (χ1n) is 7.51. The summed E-state index contributed by atoms with van der Waals surface area (Å²) in [6.45, 7) is 2.55. The average Bonchev–Trinajstić information content (AvgIpc) is 3.04.